The van der Waals surface area contributed by atoms with Crippen molar-refractivity contribution in [2.75, 3.05) is 5.33 Å². The zero-order chi connectivity index (χ0) is 19.6. The van der Waals surface area contributed by atoms with Gasteiger partial charge in [0.15, 0.2) is 11.6 Å². The van der Waals surface area contributed by atoms with Crippen LogP contribution in [-0.2, 0) is 13.1 Å². The largest absolute Gasteiger partial charge is 0.348 e. The highest BCUT2D eigenvalue weighted by Gasteiger charge is 2.20. The molecule has 0 aromatic heterocycles. The molecule has 2 aromatic rings. The van der Waals surface area contributed by atoms with Gasteiger partial charge in [-0.25, -0.2) is 0 Å². The zero-order valence-electron chi connectivity index (χ0n) is 14.6. The predicted molar refractivity (Wildman–Crippen MR) is 103 cm³/mol. The average Bonchev–Trinajstić information content (AvgIpc) is 3.24. The molecule has 138 valence electrons. The minimum atomic E-state index is -0.0576. The van der Waals surface area contributed by atoms with Gasteiger partial charge in [0, 0.05) is 35.3 Å². The van der Waals surface area contributed by atoms with Crippen molar-refractivity contribution in [1.82, 2.24) is 10.6 Å². The van der Waals surface area contributed by atoms with Gasteiger partial charge in [0.05, 0.1) is 5.33 Å². The summed E-state index contributed by atoms with van der Waals surface area (Å²) in [5, 5.41) is 5.72. The highest BCUT2D eigenvalue weighted by Crippen LogP contribution is 2.18. The van der Waals surface area contributed by atoms with Gasteiger partial charge in [0.25, 0.3) is 11.8 Å². The van der Waals surface area contributed by atoms with Crippen molar-refractivity contribution >= 4 is 39.3 Å². The standard InChI is InChI=1S/C10H8BrNO2.C10H9NO2/c11-4-9(13)6-1-2-8-7(3-6)5-12-10(8)14;1-6(12)7-2-3-9-8(4-7)5-11-10(9)13/h1-3H,4-5H2,(H,12,14);2-4H,5H2,1H3,(H,11,13). The molecule has 0 radical (unpaired) electrons. The van der Waals surface area contributed by atoms with E-state index in [-0.39, 0.29) is 23.4 Å². The summed E-state index contributed by atoms with van der Waals surface area (Å²) in [7, 11) is 0. The van der Waals surface area contributed by atoms with Crippen LogP contribution < -0.4 is 10.6 Å². The van der Waals surface area contributed by atoms with E-state index in [1.807, 2.05) is 0 Å². The van der Waals surface area contributed by atoms with Gasteiger partial charge in [-0.1, -0.05) is 28.1 Å². The minimum Gasteiger partial charge on any atom is -0.348 e. The monoisotopic (exact) mass is 428 g/mol. The van der Waals surface area contributed by atoms with Gasteiger partial charge < -0.3 is 10.6 Å². The van der Waals surface area contributed by atoms with Gasteiger partial charge in [0.2, 0.25) is 0 Å². The van der Waals surface area contributed by atoms with Crippen molar-refractivity contribution in [2.45, 2.75) is 20.0 Å². The summed E-state index contributed by atoms with van der Waals surface area (Å²) < 4.78 is 0. The first-order valence-corrected chi connectivity index (χ1v) is 9.45. The third-order valence-electron chi connectivity index (χ3n) is 4.43. The molecule has 0 spiro atoms. The first-order valence-electron chi connectivity index (χ1n) is 8.33. The lowest BCUT2D eigenvalue weighted by atomic mass is 10.0. The molecule has 2 aliphatic rings. The van der Waals surface area contributed by atoms with Gasteiger partial charge in [0.1, 0.15) is 0 Å². The number of rotatable bonds is 3. The highest BCUT2D eigenvalue weighted by atomic mass is 79.9. The molecule has 2 heterocycles. The molecule has 0 saturated carbocycles. The van der Waals surface area contributed by atoms with Gasteiger partial charge in [-0.3, -0.25) is 19.2 Å². The van der Waals surface area contributed by atoms with E-state index in [0.717, 1.165) is 11.1 Å². The predicted octanol–water partition coefficient (Wildman–Crippen LogP) is 2.64. The number of nitrogens with one attached hydrogen (secondary N) is 2. The molecule has 2 N–H and O–H groups in total. The van der Waals surface area contributed by atoms with E-state index in [1.165, 1.54) is 6.92 Å². The molecule has 2 amide bonds. The van der Waals surface area contributed by atoms with Gasteiger partial charge in [-0.05, 0) is 42.3 Å². The Labute approximate surface area is 164 Å². The maximum atomic E-state index is 11.3. The number of benzene rings is 2. The Bertz CT molecular complexity index is 968. The molecule has 0 atom stereocenters. The maximum Gasteiger partial charge on any atom is 0.251 e. The number of amides is 2. The number of Topliss-reactive ketones (excluding diaryl/α,β-unsaturated/α-hetero) is 2. The first-order chi connectivity index (χ1) is 12.9. The molecule has 0 aliphatic carbocycles. The van der Waals surface area contributed by atoms with Crippen LogP contribution in [0.15, 0.2) is 36.4 Å². The first kappa shape index (κ1) is 19.0. The molecule has 7 heteroatoms. The van der Waals surface area contributed by atoms with Gasteiger partial charge in [-0.2, -0.15) is 0 Å². The minimum absolute atomic E-state index is 0.0298. The quantitative estimate of drug-likeness (QED) is 0.580. The van der Waals surface area contributed by atoms with Crippen LogP contribution in [0.5, 0.6) is 0 Å². The Morgan fingerprint density at radius 3 is 1.85 bits per heavy atom. The van der Waals surface area contributed by atoms with E-state index < -0.39 is 0 Å². The van der Waals surface area contributed by atoms with Crippen molar-refractivity contribution in [3.63, 3.8) is 0 Å². The Hall–Kier alpha value is -2.80. The fraction of sp³-hybridized carbons (Fsp3) is 0.200. The fourth-order valence-electron chi connectivity index (χ4n) is 2.93. The van der Waals surface area contributed by atoms with E-state index in [4.69, 9.17) is 0 Å². The van der Waals surface area contributed by atoms with E-state index >= 15 is 0 Å². The zero-order valence-corrected chi connectivity index (χ0v) is 16.2. The molecule has 0 unspecified atom stereocenters. The molecule has 2 aliphatic heterocycles. The van der Waals surface area contributed by atoms with Crippen molar-refractivity contribution < 1.29 is 19.2 Å². The number of fused-ring (bicyclic) bond motifs is 2. The summed E-state index contributed by atoms with van der Waals surface area (Å²) in [5.41, 5.74) is 4.49. The lowest BCUT2D eigenvalue weighted by molar-refractivity contribution is 0.0957. The lowest BCUT2D eigenvalue weighted by Crippen LogP contribution is -2.12. The molecule has 0 bridgehead atoms. The van der Waals surface area contributed by atoms with Crippen molar-refractivity contribution in [2.24, 2.45) is 0 Å². The molecule has 4 rings (SSSR count). The number of carbonyl (C=O) groups excluding carboxylic acids is 4. The van der Waals surface area contributed by atoms with Crippen molar-refractivity contribution in [3.05, 3.63) is 69.8 Å². The smallest absolute Gasteiger partial charge is 0.251 e. The molecular formula is C20H17BrN2O4. The highest BCUT2D eigenvalue weighted by molar-refractivity contribution is 9.09. The Morgan fingerprint density at radius 2 is 1.37 bits per heavy atom. The number of alkyl halides is 1. The number of ketones is 2. The van der Waals surface area contributed by atoms with Crippen LogP contribution in [0.2, 0.25) is 0 Å². The molecule has 27 heavy (non-hydrogen) atoms. The molecule has 6 nitrogen and oxygen atoms in total. The average molecular weight is 429 g/mol. The second kappa shape index (κ2) is 7.84. The molecule has 0 fully saturated rings. The molecule has 0 saturated heterocycles. The van der Waals surface area contributed by atoms with Gasteiger partial charge >= 0.3 is 0 Å². The van der Waals surface area contributed by atoms with Crippen LogP contribution in [-0.4, -0.2) is 28.7 Å². The van der Waals surface area contributed by atoms with E-state index in [1.54, 1.807) is 36.4 Å². The third kappa shape index (κ3) is 3.98. The number of halogens is 1. The van der Waals surface area contributed by atoms with Crippen LogP contribution in [0, 0.1) is 0 Å². The summed E-state index contributed by atoms with van der Waals surface area (Å²) in [5.74, 6) is -0.0442. The summed E-state index contributed by atoms with van der Waals surface area (Å²) in [6.07, 6.45) is 0. The summed E-state index contributed by atoms with van der Waals surface area (Å²) >= 11 is 3.11. The van der Waals surface area contributed by atoms with Crippen LogP contribution in [0.3, 0.4) is 0 Å². The van der Waals surface area contributed by atoms with Crippen LogP contribution >= 0.6 is 15.9 Å². The SMILES string of the molecule is CC(=O)c1ccc2c(c1)CNC2=O.O=C(CBr)c1ccc2c(c1)CNC2=O. The number of carbonyl (C=O) groups is 4. The Balaban J connectivity index is 0.000000156. The second-order valence-corrected chi connectivity index (χ2v) is 6.78. The van der Waals surface area contributed by atoms with Gasteiger partial charge in [-0.15, -0.1) is 0 Å². The number of hydrogen-bond donors (Lipinski definition) is 2. The van der Waals surface area contributed by atoms with Crippen LogP contribution in [0.4, 0.5) is 0 Å². The van der Waals surface area contributed by atoms with E-state index in [2.05, 4.69) is 26.6 Å². The van der Waals surface area contributed by atoms with Crippen LogP contribution in [0.1, 0.15) is 59.5 Å². The third-order valence-corrected chi connectivity index (χ3v) is 4.94. The molecular weight excluding hydrogens is 412 g/mol. The van der Waals surface area contributed by atoms with E-state index in [9.17, 15) is 19.2 Å². The summed E-state index contributed by atoms with van der Waals surface area (Å²) in [6, 6.07) is 10.3. The van der Waals surface area contributed by atoms with Crippen molar-refractivity contribution in [3.8, 4) is 0 Å². The van der Waals surface area contributed by atoms with E-state index in [0.29, 0.717) is 40.7 Å². The topological polar surface area (TPSA) is 92.3 Å². The van der Waals surface area contributed by atoms with Crippen molar-refractivity contribution in [1.29, 1.82) is 0 Å². The fourth-order valence-corrected chi connectivity index (χ4v) is 3.26. The van der Waals surface area contributed by atoms with Crippen LogP contribution in [0.25, 0.3) is 0 Å². The summed E-state index contributed by atoms with van der Waals surface area (Å²) in [4.78, 5) is 44.7. The second-order valence-electron chi connectivity index (χ2n) is 6.22. The Morgan fingerprint density at radius 1 is 0.889 bits per heavy atom. The molecule has 2 aromatic carbocycles. The summed E-state index contributed by atoms with van der Waals surface area (Å²) in [6.45, 7) is 2.58. The lowest BCUT2D eigenvalue weighted by Gasteiger charge is -1.99. The maximum absolute atomic E-state index is 11.3. The Kier molecular flexibility index (Phi) is 5.51. The number of hydrogen-bond acceptors (Lipinski definition) is 4. The normalized spacial score (nSPS) is 13.7.